The fraction of sp³-hybridized carbons (Fsp3) is 0.0526. The number of benzene rings is 2. The first-order valence-corrected chi connectivity index (χ1v) is 9.28. The first-order valence-electron chi connectivity index (χ1n) is 7.54. The molecule has 0 aliphatic heterocycles. The van der Waals surface area contributed by atoms with Crippen molar-refractivity contribution in [2.75, 3.05) is 5.32 Å². The molecule has 0 aliphatic rings. The van der Waals surface area contributed by atoms with E-state index in [9.17, 15) is 4.79 Å². The average Bonchev–Trinajstić information content (AvgIpc) is 3.14. The van der Waals surface area contributed by atoms with E-state index in [0.29, 0.717) is 18.0 Å². The summed E-state index contributed by atoms with van der Waals surface area (Å²) >= 11 is 4.91. The topological polar surface area (TPSA) is 51.2 Å². The Morgan fingerprint density at radius 2 is 2.00 bits per heavy atom. The zero-order valence-corrected chi connectivity index (χ0v) is 15.6. The minimum absolute atomic E-state index is 0.215. The van der Waals surface area contributed by atoms with Crippen molar-refractivity contribution >= 4 is 44.9 Å². The summed E-state index contributed by atoms with van der Waals surface area (Å²) in [6.45, 7) is 0.366. The lowest BCUT2D eigenvalue weighted by atomic mass is 10.2. The fourth-order valence-electron chi connectivity index (χ4n) is 2.08. The Hall–Kier alpha value is -2.44. The van der Waals surface area contributed by atoms with E-state index in [-0.39, 0.29) is 5.91 Å². The molecule has 0 saturated carbocycles. The average molecular weight is 415 g/mol. The molecule has 126 valence electrons. The van der Waals surface area contributed by atoms with E-state index in [2.05, 4.69) is 26.2 Å². The van der Waals surface area contributed by atoms with Crippen LogP contribution in [0.4, 0.5) is 5.69 Å². The van der Waals surface area contributed by atoms with Crippen LogP contribution in [0.15, 0.2) is 70.0 Å². The summed E-state index contributed by atoms with van der Waals surface area (Å²) in [6.07, 6.45) is 3.26. The number of halogens is 1. The normalized spacial score (nSPS) is 10.8. The van der Waals surface area contributed by atoms with Gasteiger partial charge in [0.1, 0.15) is 12.4 Å². The van der Waals surface area contributed by atoms with Gasteiger partial charge in [-0.15, -0.1) is 11.3 Å². The molecule has 0 spiro atoms. The van der Waals surface area contributed by atoms with Crippen molar-refractivity contribution in [3.63, 3.8) is 0 Å². The Kier molecular flexibility index (Phi) is 5.98. The second-order valence-corrected chi connectivity index (χ2v) is 6.77. The minimum atomic E-state index is -0.215. The Morgan fingerprint density at radius 1 is 1.20 bits per heavy atom. The molecule has 3 rings (SSSR count). The lowest BCUT2D eigenvalue weighted by Crippen LogP contribution is -2.09. The number of ether oxygens (including phenoxy) is 1. The quantitative estimate of drug-likeness (QED) is 0.568. The van der Waals surface area contributed by atoms with Crippen LogP contribution in [-0.4, -0.2) is 10.9 Å². The second-order valence-electron chi connectivity index (χ2n) is 5.14. The summed E-state index contributed by atoms with van der Waals surface area (Å²) in [5, 5.41) is 4.78. The number of nitrogens with zero attached hydrogens (tertiary/aromatic N) is 1. The highest BCUT2D eigenvalue weighted by atomic mass is 79.9. The molecule has 0 aliphatic carbocycles. The summed E-state index contributed by atoms with van der Waals surface area (Å²) in [5.41, 5.74) is 4.20. The Morgan fingerprint density at radius 3 is 2.76 bits per heavy atom. The molecule has 0 atom stereocenters. The van der Waals surface area contributed by atoms with Crippen LogP contribution >= 0.6 is 27.3 Å². The zero-order chi connectivity index (χ0) is 17.5. The van der Waals surface area contributed by atoms with E-state index >= 15 is 0 Å². The summed E-state index contributed by atoms with van der Waals surface area (Å²) in [7, 11) is 0. The molecule has 6 heteroatoms. The third-order valence-corrected chi connectivity index (χ3v) is 4.47. The maximum atomic E-state index is 12.2. The van der Waals surface area contributed by atoms with Crippen LogP contribution in [0.5, 0.6) is 5.75 Å². The molecular weight excluding hydrogens is 400 g/mol. The van der Waals surface area contributed by atoms with Gasteiger partial charge in [-0.3, -0.25) is 4.79 Å². The minimum Gasteiger partial charge on any atom is -0.485 e. The Bertz CT molecular complexity index is 861. The van der Waals surface area contributed by atoms with E-state index in [1.54, 1.807) is 11.6 Å². The van der Waals surface area contributed by atoms with Gasteiger partial charge in [0.15, 0.2) is 0 Å². The lowest BCUT2D eigenvalue weighted by Gasteiger charge is -2.10. The SMILES string of the molecule is O=C(/C=C/c1ccc(Br)cc1)Nc1ccccc1OCc1cscn1. The van der Waals surface area contributed by atoms with Gasteiger partial charge >= 0.3 is 0 Å². The van der Waals surface area contributed by atoms with Crippen molar-refractivity contribution in [1.82, 2.24) is 4.98 Å². The maximum Gasteiger partial charge on any atom is 0.248 e. The summed E-state index contributed by atoms with van der Waals surface area (Å²) in [6, 6.07) is 15.1. The number of hydrogen-bond donors (Lipinski definition) is 1. The predicted octanol–water partition coefficient (Wildman–Crippen LogP) is 5.14. The van der Waals surface area contributed by atoms with E-state index in [1.807, 2.05) is 53.9 Å². The van der Waals surface area contributed by atoms with Crippen molar-refractivity contribution in [2.24, 2.45) is 0 Å². The third-order valence-electron chi connectivity index (χ3n) is 3.30. The number of rotatable bonds is 6. The van der Waals surface area contributed by atoms with Gasteiger partial charge in [0, 0.05) is 15.9 Å². The van der Waals surface area contributed by atoms with Crippen LogP contribution in [0.1, 0.15) is 11.3 Å². The van der Waals surface area contributed by atoms with Gasteiger partial charge in [-0.2, -0.15) is 0 Å². The molecule has 1 aromatic heterocycles. The van der Waals surface area contributed by atoms with Gasteiger partial charge in [-0.05, 0) is 35.9 Å². The van der Waals surface area contributed by atoms with E-state index in [4.69, 9.17) is 4.74 Å². The molecule has 1 amide bonds. The summed E-state index contributed by atoms with van der Waals surface area (Å²) < 4.78 is 6.76. The number of anilines is 1. The van der Waals surface area contributed by atoms with Gasteiger partial charge in [0.05, 0.1) is 16.9 Å². The molecule has 25 heavy (non-hydrogen) atoms. The predicted molar refractivity (Wildman–Crippen MR) is 105 cm³/mol. The van der Waals surface area contributed by atoms with Crippen LogP contribution in [-0.2, 0) is 11.4 Å². The number of aromatic nitrogens is 1. The van der Waals surface area contributed by atoms with Crippen LogP contribution in [0.3, 0.4) is 0 Å². The van der Waals surface area contributed by atoms with Crippen LogP contribution in [0.25, 0.3) is 6.08 Å². The van der Waals surface area contributed by atoms with Crippen molar-refractivity contribution in [3.8, 4) is 5.75 Å². The van der Waals surface area contributed by atoms with E-state index in [0.717, 1.165) is 15.7 Å². The highest BCUT2D eigenvalue weighted by Crippen LogP contribution is 2.24. The molecule has 1 heterocycles. The molecule has 0 saturated heterocycles. The number of carbonyl (C=O) groups excluding carboxylic acids is 1. The van der Waals surface area contributed by atoms with Gasteiger partial charge < -0.3 is 10.1 Å². The first-order chi connectivity index (χ1) is 12.2. The van der Waals surface area contributed by atoms with Gasteiger partial charge in [-0.25, -0.2) is 4.98 Å². The monoisotopic (exact) mass is 414 g/mol. The second kappa shape index (κ2) is 8.60. The molecule has 3 aromatic rings. The Labute approximate surface area is 158 Å². The number of para-hydroxylation sites is 2. The smallest absolute Gasteiger partial charge is 0.248 e. The van der Waals surface area contributed by atoms with Gasteiger partial charge in [-0.1, -0.05) is 40.2 Å². The third kappa shape index (κ3) is 5.27. The number of hydrogen-bond acceptors (Lipinski definition) is 4. The lowest BCUT2D eigenvalue weighted by molar-refractivity contribution is -0.111. The molecular formula is C19H15BrN2O2S. The summed E-state index contributed by atoms with van der Waals surface area (Å²) in [4.78, 5) is 16.3. The molecule has 2 aromatic carbocycles. The first kappa shape index (κ1) is 17.4. The van der Waals surface area contributed by atoms with E-state index in [1.165, 1.54) is 17.4 Å². The highest BCUT2D eigenvalue weighted by Gasteiger charge is 2.06. The number of thiazole rings is 1. The molecule has 1 N–H and O–H groups in total. The molecule has 0 bridgehead atoms. The van der Waals surface area contributed by atoms with Crippen LogP contribution in [0, 0.1) is 0 Å². The van der Waals surface area contributed by atoms with Crippen molar-refractivity contribution in [3.05, 3.63) is 81.2 Å². The molecule has 4 nitrogen and oxygen atoms in total. The standard InChI is InChI=1S/C19H15BrN2O2S/c20-15-8-5-14(6-9-15)7-10-19(23)22-17-3-1-2-4-18(17)24-11-16-12-25-13-21-16/h1-10,12-13H,11H2,(H,22,23)/b10-7+. The number of carbonyl (C=O) groups is 1. The largest absolute Gasteiger partial charge is 0.485 e. The highest BCUT2D eigenvalue weighted by molar-refractivity contribution is 9.10. The number of amides is 1. The van der Waals surface area contributed by atoms with Gasteiger partial charge in [0.25, 0.3) is 0 Å². The van der Waals surface area contributed by atoms with Crippen LogP contribution in [0.2, 0.25) is 0 Å². The fourth-order valence-corrected chi connectivity index (χ4v) is 2.88. The Balaban J connectivity index is 1.63. The molecule has 0 unspecified atom stereocenters. The summed E-state index contributed by atoms with van der Waals surface area (Å²) in [5.74, 6) is 0.397. The molecule has 0 radical (unpaired) electrons. The van der Waals surface area contributed by atoms with Crippen molar-refractivity contribution in [2.45, 2.75) is 6.61 Å². The van der Waals surface area contributed by atoms with E-state index < -0.39 is 0 Å². The van der Waals surface area contributed by atoms with Gasteiger partial charge in [0.2, 0.25) is 5.91 Å². The van der Waals surface area contributed by atoms with Crippen molar-refractivity contribution in [1.29, 1.82) is 0 Å². The number of nitrogens with one attached hydrogen (secondary N) is 1. The van der Waals surface area contributed by atoms with Crippen molar-refractivity contribution < 1.29 is 9.53 Å². The van der Waals surface area contributed by atoms with Crippen LogP contribution < -0.4 is 10.1 Å². The molecule has 0 fully saturated rings. The zero-order valence-electron chi connectivity index (χ0n) is 13.2. The maximum absolute atomic E-state index is 12.2.